The summed E-state index contributed by atoms with van der Waals surface area (Å²) in [6.07, 6.45) is 1.11. The van der Waals surface area contributed by atoms with Gasteiger partial charge < -0.3 is 15.0 Å². The van der Waals surface area contributed by atoms with Gasteiger partial charge in [-0.25, -0.2) is 8.78 Å². The molecule has 0 radical (unpaired) electrons. The van der Waals surface area contributed by atoms with Crippen molar-refractivity contribution in [2.24, 2.45) is 11.7 Å². The molecule has 5 nitrogen and oxygen atoms in total. The summed E-state index contributed by atoms with van der Waals surface area (Å²) in [6, 6.07) is 3.49. The topological polar surface area (TPSA) is 64.8 Å². The fraction of sp³-hybridized carbons (Fsp3) is 0.700. The smallest absolute Gasteiger partial charge is 0.130 e. The molecule has 28 heavy (non-hydrogen) atoms. The number of halogens is 2. The van der Waals surface area contributed by atoms with Crippen LogP contribution in [0.2, 0.25) is 0 Å². The Hall–Kier alpha value is -0.770. The first-order valence-corrected chi connectivity index (χ1v) is 11.3. The number of rotatable bonds is 4. The van der Waals surface area contributed by atoms with Crippen LogP contribution < -0.4 is 5.73 Å². The minimum atomic E-state index is -0.947. The average Bonchev–Trinajstić information content (AvgIpc) is 3.24. The summed E-state index contributed by atoms with van der Waals surface area (Å²) in [5.41, 5.74) is 6.52. The molecule has 0 spiro atoms. The molecule has 3 aliphatic heterocycles. The number of hydrogen-bond acceptors (Lipinski definition) is 5. The molecule has 0 aromatic heterocycles. The van der Waals surface area contributed by atoms with Crippen molar-refractivity contribution in [1.29, 1.82) is 0 Å². The highest BCUT2D eigenvalue weighted by atomic mass is 32.2. The van der Waals surface area contributed by atoms with Gasteiger partial charge in [0.05, 0.1) is 12.6 Å². The first-order chi connectivity index (χ1) is 13.3. The summed E-state index contributed by atoms with van der Waals surface area (Å²) >= 11 is -0.947. The van der Waals surface area contributed by atoms with Crippen molar-refractivity contribution < 1.29 is 18.1 Å². The number of likely N-dealkylation sites (tertiary alicyclic amines) is 1. The van der Waals surface area contributed by atoms with Crippen LogP contribution in [-0.2, 0) is 16.1 Å². The standard InChI is InChI=1S/C20H29F2N3O2S/c1-12(2)28(26)25-6-5-13-9-24(10-19(13)25)15-8-18(23)20(27-11-15)16-7-14(21)3-4-17(16)22/h3-4,7,12-13,15,18-20H,5-6,8-11,23H2,1-2H3/t13?,15-,18+,19?,20-,28-/m1/s1. The molecule has 6 atom stereocenters. The number of benzene rings is 1. The fourth-order valence-corrected chi connectivity index (χ4v) is 6.23. The molecule has 2 unspecified atom stereocenters. The van der Waals surface area contributed by atoms with E-state index >= 15 is 0 Å². The summed E-state index contributed by atoms with van der Waals surface area (Å²) in [6.45, 7) is 7.15. The normalized spacial score (nSPS) is 35.5. The summed E-state index contributed by atoms with van der Waals surface area (Å²) < 4.78 is 48.3. The Morgan fingerprint density at radius 3 is 2.79 bits per heavy atom. The van der Waals surface area contributed by atoms with E-state index in [1.54, 1.807) is 0 Å². The molecule has 1 aromatic rings. The SMILES string of the molecule is CC(C)[S@@+]([O-])N1CCC2CN([C@H]3CO[C@H](c4cc(F)ccc4F)[C@@H](N)C3)CC21. The van der Waals surface area contributed by atoms with Gasteiger partial charge in [0, 0.05) is 48.6 Å². The molecule has 156 valence electrons. The van der Waals surface area contributed by atoms with E-state index in [9.17, 15) is 13.3 Å². The van der Waals surface area contributed by atoms with Crippen molar-refractivity contribution in [1.82, 2.24) is 9.21 Å². The molecule has 0 amide bonds. The zero-order valence-corrected chi connectivity index (χ0v) is 17.2. The van der Waals surface area contributed by atoms with Crippen LogP contribution in [0.3, 0.4) is 0 Å². The zero-order chi connectivity index (χ0) is 20.0. The highest BCUT2D eigenvalue weighted by Gasteiger charge is 2.49. The molecule has 1 aromatic carbocycles. The second-order valence-corrected chi connectivity index (χ2v) is 10.5. The van der Waals surface area contributed by atoms with E-state index in [-0.39, 0.29) is 16.9 Å². The first-order valence-electron chi connectivity index (χ1n) is 10.1. The lowest BCUT2D eigenvalue weighted by atomic mass is 9.93. The maximum atomic E-state index is 14.1. The molecule has 3 fully saturated rings. The van der Waals surface area contributed by atoms with Gasteiger partial charge in [0.25, 0.3) is 0 Å². The molecule has 0 bridgehead atoms. The summed E-state index contributed by atoms with van der Waals surface area (Å²) in [5.74, 6) is -0.444. The lowest BCUT2D eigenvalue weighted by molar-refractivity contribution is -0.0485. The van der Waals surface area contributed by atoms with E-state index in [0.717, 1.165) is 38.2 Å². The van der Waals surface area contributed by atoms with Crippen molar-refractivity contribution in [3.8, 4) is 0 Å². The number of hydrogen-bond donors (Lipinski definition) is 1. The molecule has 8 heteroatoms. The Bertz CT molecular complexity index is 710. The van der Waals surface area contributed by atoms with E-state index in [1.807, 2.05) is 13.8 Å². The molecule has 0 saturated carbocycles. The largest absolute Gasteiger partial charge is 0.598 e. The Morgan fingerprint density at radius 2 is 2.07 bits per heavy atom. The monoisotopic (exact) mass is 413 g/mol. The Morgan fingerprint density at radius 1 is 1.29 bits per heavy atom. The van der Waals surface area contributed by atoms with Crippen LogP contribution in [0.4, 0.5) is 8.78 Å². The summed E-state index contributed by atoms with van der Waals surface area (Å²) in [4.78, 5) is 2.39. The lowest BCUT2D eigenvalue weighted by Crippen LogP contribution is -2.50. The van der Waals surface area contributed by atoms with Gasteiger partial charge in [-0.05, 0) is 50.8 Å². The van der Waals surface area contributed by atoms with Gasteiger partial charge in [-0.3, -0.25) is 4.90 Å². The van der Waals surface area contributed by atoms with Crippen LogP contribution in [0.25, 0.3) is 0 Å². The summed E-state index contributed by atoms with van der Waals surface area (Å²) in [5, 5.41) is 0.126. The molecular weight excluding hydrogens is 384 g/mol. The van der Waals surface area contributed by atoms with Crippen molar-refractivity contribution in [2.45, 2.75) is 56.2 Å². The van der Waals surface area contributed by atoms with Gasteiger partial charge in [0.15, 0.2) is 0 Å². The number of fused-ring (bicyclic) bond motifs is 1. The van der Waals surface area contributed by atoms with E-state index in [1.165, 1.54) is 6.07 Å². The molecule has 2 N–H and O–H groups in total. The summed E-state index contributed by atoms with van der Waals surface area (Å²) in [7, 11) is 0. The first kappa shape index (κ1) is 20.5. The van der Waals surface area contributed by atoms with Gasteiger partial charge in [-0.1, -0.05) is 0 Å². The Kier molecular flexibility index (Phi) is 5.98. The third-order valence-electron chi connectivity index (χ3n) is 6.34. The van der Waals surface area contributed by atoms with Crippen LogP contribution >= 0.6 is 0 Å². The van der Waals surface area contributed by atoms with Crippen molar-refractivity contribution in [3.63, 3.8) is 0 Å². The van der Waals surface area contributed by atoms with Gasteiger partial charge in [-0.15, -0.1) is 4.31 Å². The average molecular weight is 414 g/mol. The van der Waals surface area contributed by atoms with Gasteiger partial charge in [-0.2, -0.15) is 0 Å². The minimum absolute atomic E-state index is 0.126. The van der Waals surface area contributed by atoms with E-state index in [0.29, 0.717) is 25.0 Å². The van der Waals surface area contributed by atoms with Crippen LogP contribution in [0, 0.1) is 17.6 Å². The molecular formula is C20H29F2N3O2S. The van der Waals surface area contributed by atoms with Crippen molar-refractivity contribution in [3.05, 3.63) is 35.4 Å². The van der Waals surface area contributed by atoms with Crippen LogP contribution in [-0.4, -0.2) is 63.4 Å². The highest BCUT2D eigenvalue weighted by Crippen LogP contribution is 2.38. The van der Waals surface area contributed by atoms with E-state index in [2.05, 4.69) is 9.21 Å². The molecule has 3 saturated heterocycles. The van der Waals surface area contributed by atoms with E-state index < -0.39 is 35.1 Å². The highest BCUT2D eigenvalue weighted by molar-refractivity contribution is 7.89. The minimum Gasteiger partial charge on any atom is -0.598 e. The molecule has 3 heterocycles. The molecule has 0 aliphatic carbocycles. The van der Waals surface area contributed by atoms with Crippen LogP contribution in [0.1, 0.15) is 38.4 Å². The maximum Gasteiger partial charge on any atom is 0.130 e. The number of nitrogens with zero attached hydrogens (tertiary/aromatic N) is 2. The second-order valence-electron chi connectivity index (χ2n) is 8.51. The zero-order valence-electron chi connectivity index (χ0n) is 16.4. The third-order valence-corrected chi connectivity index (χ3v) is 8.06. The maximum absolute atomic E-state index is 14.1. The molecule has 3 aliphatic rings. The number of ether oxygens (including phenoxy) is 1. The second kappa shape index (κ2) is 8.16. The van der Waals surface area contributed by atoms with Crippen LogP contribution in [0.15, 0.2) is 18.2 Å². The van der Waals surface area contributed by atoms with Crippen molar-refractivity contribution >= 4 is 11.4 Å². The van der Waals surface area contributed by atoms with Crippen LogP contribution in [0.5, 0.6) is 0 Å². The Labute approximate surface area is 168 Å². The van der Waals surface area contributed by atoms with Crippen molar-refractivity contribution in [2.75, 3.05) is 26.2 Å². The fourth-order valence-electron chi connectivity index (χ4n) is 4.90. The van der Waals surface area contributed by atoms with Gasteiger partial charge in [0.2, 0.25) is 0 Å². The number of nitrogens with two attached hydrogens (primary N) is 1. The van der Waals surface area contributed by atoms with E-state index in [4.69, 9.17) is 10.5 Å². The molecule has 4 rings (SSSR count). The predicted octanol–water partition coefficient (Wildman–Crippen LogP) is 2.20. The Balaban J connectivity index is 1.40. The predicted molar refractivity (Wildman–Crippen MR) is 105 cm³/mol. The quantitative estimate of drug-likeness (QED) is 0.767. The van der Waals surface area contributed by atoms with Gasteiger partial charge >= 0.3 is 0 Å². The lowest BCUT2D eigenvalue weighted by Gasteiger charge is -2.39. The van der Waals surface area contributed by atoms with Gasteiger partial charge in [0.1, 0.15) is 23.0 Å². The third kappa shape index (κ3) is 3.82.